The molecule has 2 aliphatic heterocycles. The highest BCUT2D eigenvalue weighted by atomic mass is 32.2. The minimum atomic E-state index is -0.215. The van der Waals surface area contributed by atoms with Crippen LogP contribution in [0.4, 0.5) is 0 Å². The van der Waals surface area contributed by atoms with Gasteiger partial charge in [-0.05, 0) is 60.2 Å². The van der Waals surface area contributed by atoms with Crippen molar-refractivity contribution in [1.82, 2.24) is 14.7 Å². The third kappa shape index (κ3) is 5.49. The molecule has 8 heteroatoms. The molecule has 5 rings (SSSR count). The highest BCUT2D eigenvalue weighted by Crippen LogP contribution is 2.34. The summed E-state index contributed by atoms with van der Waals surface area (Å²) in [4.78, 5) is 19.8. The molecular formula is C27H28N4O3S. The summed E-state index contributed by atoms with van der Waals surface area (Å²) in [6.45, 7) is 7.71. The largest absolute Gasteiger partial charge is 0.493 e. The zero-order chi connectivity index (χ0) is 24.2. The first-order valence-electron chi connectivity index (χ1n) is 11.8. The summed E-state index contributed by atoms with van der Waals surface area (Å²) in [7, 11) is 0. The van der Waals surface area contributed by atoms with Crippen molar-refractivity contribution in [3.63, 3.8) is 0 Å². The van der Waals surface area contributed by atoms with Gasteiger partial charge in [-0.3, -0.25) is 4.79 Å². The first-order chi connectivity index (χ1) is 17.1. The summed E-state index contributed by atoms with van der Waals surface area (Å²) < 4.78 is 13.1. The topological polar surface area (TPSA) is 68.9 Å². The lowest BCUT2D eigenvalue weighted by Crippen LogP contribution is -2.38. The van der Waals surface area contributed by atoms with E-state index in [1.807, 2.05) is 71.6 Å². The second kappa shape index (κ2) is 10.5. The molecule has 0 aliphatic carbocycles. The summed E-state index contributed by atoms with van der Waals surface area (Å²) in [6, 6.07) is 17.9. The molecule has 35 heavy (non-hydrogen) atoms. The number of hydrogen-bond donors (Lipinski definition) is 0. The number of thioether (sulfide) groups is 1. The van der Waals surface area contributed by atoms with E-state index in [4.69, 9.17) is 14.6 Å². The van der Waals surface area contributed by atoms with Gasteiger partial charge in [0.15, 0.2) is 5.17 Å². The van der Waals surface area contributed by atoms with Crippen molar-refractivity contribution in [2.75, 3.05) is 32.9 Å². The number of aliphatic imine (C=N–C) groups is 1. The van der Waals surface area contributed by atoms with E-state index >= 15 is 0 Å². The fraction of sp³-hybridized carbons (Fsp3) is 0.296. The third-order valence-corrected chi connectivity index (χ3v) is 6.70. The number of amidine groups is 1. The van der Waals surface area contributed by atoms with Gasteiger partial charge in [0, 0.05) is 30.4 Å². The lowest BCUT2D eigenvalue weighted by molar-refractivity contribution is -0.113. The van der Waals surface area contributed by atoms with E-state index in [9.17, 15) is 4.79 Å². The Hall–Kier alpha value is -3.36. The number of aromatic nitrogens is 2. The van der Waals surface area contributed by atoms with Gasteiger partial charge in [-0.1, -0.05) is 32.0 Å². The number of rotatable bonds is 6. The van der Waals surface area contributed by atoms with E-state index < -0.39 is 0 Å². The Bertz CT molecular complexity index is 1240. The van der Waals surface area contributed by atoms with E-state index in [1.54, 1.807) is 0 Å². The quantitative estimate of drug-likeness (QED) is 0.461. The van der Waals surface area contributed by atoms with Crippen molar-refractivity contribution < 1.29 is 14.3 Å². The zero-order valence-corrected chi connectivity index (χ0v) is 20.7. The lowest BCUT2D eigenvalue weighted by atomic mass is 10.1. The number of para-hydroxylation sites is 1. The van der Waals surface area contributed by atoms with Gasteiger partial charge in [0.2, 0.25) is 0 Å². The molecule has 2 aromatic carbocycles. The van der Waals surface area contributed by atoms with Gasteiger partial charge < -0.3 is 14.4 Å². The van der Waals surface area contributed by atoms with E-state index in [0.29, 0.717) is 30.6 Å². The molecule has 7 nitrogen and oxygen atoms in total. The van der Waals surface area contributed by atoms with Crippen molar-refractivity contribution in [2.24, 2.45) is 10.9 Å². The van der Waals surface area contributed by atoms with Crippen LogP contribution in [0.2, 0.25) is 0 Å². The molecule has 0 bridgehead atoms. The summed E-state index contributed by atoms with van der Waals surface area (Å²) in [5.74, 6) is 1.07. The maximum Gasteiger partial charge on any atom is 0.286 e. The van der Waals surface area contributed by atoms with Crippen LogP contribution < -0.4 is 4.74 Å². The van der Waals surface area contributed by atoms with Gasteiger partial charge in [-0.2, -0.15) is 10.1 Å². The van der Waals surface area contributed by atoms with Crippen LogP contribution in [0.5, 0.6) is 5.75 Å². The highest BCUT2D eigenvalue weighted by Gasteiger charge is 2.28. The normalized spacial score (nSPS) is 17.3. The Morgan fingerprint density at radius 1 is 1.09 bits per heavy atom. The van der Waals surface area contributed by atoms with Gasteiger partial charge in [0.25, 0.3) is 5.91 Å². The molecule has 3 aromatic rings. The van der Waals surface area contributed by atoms with E-state index in [-0.39, 0.29) is 5.91 Å². The zero-order valence-electron chi connectivity index (χ0n) is 19.9. The Labute approximate surface area is 209 Å². The predicted molar refractivity (Wildman–Crippen MR) is 140 cm³/mol. The Morgan fingerprint density at radius 3 is 2.54 bits per heavy atom. The van der Waals surface area contributed by atoms with Crippen LogP contribution in [-0.4, -0.2) is 58.7 Å². The van der Waals surface area contributed by atoms with Gasteiger partial charge >= 0.3 is 0 Å². The maximum atomic E-state index is 12.7. The molecule has 0 N–H and O–H groups in total. The average Bonchev–Trinajstić information content (AvgIpc) is 3.48. The maximum absolute atomic E-state index is 12.7. The molecule has 3 heterocycles. The van der Waals surface area contributed by atoms with Crippen LogP contribution in [0.15, 0.2) is 70.7 Å². The number of amides is 1. The van der Waals surface area contributed by atoms with Crippen molar-refractivity contribution in [1.29, 1.82) is 0 Å². The van der Waals surface area contributed by atoms with Gasteiger partial charge in [0.1, 0.15) is 5.75 Å². The summed E-state index contributed by atoms with van der Waals surface area (Å²) >= 11 is 1.42. The summed E-state index contributed by atoms with van der Waals surface area (Å²) in [5.41, 5.74) is 3.56. The fourth-order valence-electron chi connectivity index (χ4n) is 3.83. The number of hydrogen-bond acceptors (Lipinski definition) is 6. The second-order valence-electron chi connectivity index (χ2n) is 8.85. The van der Waals surface area contributed by atoms with Gasteiger partial charge in [-0.15, -0.1) is 0 Å². The number of carbonyl (C=O) groups is 1. The van der Waals surface area contributed by atoms with Crippen LogP contribution in [0.3, 0.4) is 0 Å². The number of carbonyl (C=O) groups excluding carboxylic acids is 1. The molecule has 0 atom stereocenters. The van der Waals surface area contributed by atoms with E-state index in [0.717, 1.165) is 46.5 Å². The number of ether oxygens (including phenoxy) is 2. The molecule has 0 saturated carbocycles. The summed E-state index contributed by atoms with van der Waals surface area (Å²) in [6.07, 6.45) is 3.86. The minimum absolute atomic E-state index is 0.215. The van der Waals surface area contributed by atoms with Gasteiger partial charge in [-0.25, -0.2) is 4.68 Å². The van der Waals surface area contributed by atoms with Gasteiger partial charge in [0.05, 0.1) is 36.1 Å². The molecule has 1 amide bonds. The molecule has 1 aromatic heterocycles. The van der Waals surface area contributed by atoms with Crippen molar-refractivity contribution in [3.05, 3.63) is 71.3 Å². The molecule has 2 aliphatic rings. The first kappa shape index (κ1) is 23.4. The van der Waals surface area contributed by atoms with E-state index in [2.05, 4.69) is 23.7 Å². The fourth-order valence-corrected chi connectivity index (χ4v) is 4.79. The molecule has 1 saturated heterocycles. The van der Waals surface area contributed by atoms with Crippen molar-refractivity contribution in [3.8, 4) is 22.7 Å². The molecule has 1 fully saturated rings. The van der Waals surface area contributed by atoms with Crippen LogP contribution >= 0.6 is 11.8 Å². The van der Waals surface area contributed by atoms with Crippen molar-refractivity contribution in [2.45, 2.75) is 13.8 Å². The smallest absolute Gasteiger partial charge is 0.286 e. The number of nitrogens with zero attached hydrogens (tertiary/aromatic N) is 4. The predicted octanol–water partition coefficient (Wildman–Crippen LogP) is 4.88. The van der Waals surface area contributed by atoms with Crippen LogP contribution in [0.1, 0.15) is 19.4 Å². The molecule has 0 spiro atoms. The monoisotopic (exact) mass is 488 g/mol. The first-order valence-corrected chi connectivity index (χ1v) is 12.6. The van der Waals surface area contributed by atoms with E-state index in [1.165, 1.54) is 11.8 Å². The Morgan fingerprint density at radius 2 is 1.83 bits per heavy atom. The number of morpholine rings is 1. The third-order valence-electron chi connectivity index (χ3n) is 5.65. The van der Waals surface area contributed by atoms with Crippen LogP contribution in [0, 0.1) is 5.92 Å². The molecule has 0 unspecified atom stereocenters. The van der Waals surface area contributed by atoms with Crippen LogP contribution in [0.25, 0.3) is 23.0 Å². The lowest BCUT2D eigenvalue weighted by Gasteiger charge is -2.27. The SMILES string of the molecule is CC(C)COc1ccc(-c2nn(-c3ccccc3)cc2/C=C2/SC(N3CCOCC3)=NC2=O)cc1. The van der Waals surface area contributed by atoms with Crippen LogP contribution in [-0.2, 0) is 9.53 Å². The van der Waals surface area contributed by atoms with Crippen molar-refractivity contribution >= 4 is 28.9 Å². The molecular weight excluding hydrogens is 460 g/mol. The Balaban J connectivity index is 1.46. The average molecular weight is 489 g/mol. The highest BCUT2D eigenvalue weighted by molar-refractivity contribution is 8.18. The number of benzene rings is 2. The molecule has 0 radical (unpaired) electrons. The summed E-state index contributed by atoms with van der Waals surface area (Å²) in [5, 5.41) is 5.62. The Kier molecular flexibility index (Phi) is 7.01. The second-order valence-corrected chi connectivity index (χ2v) is 9.86. The molecule has 180 valence electrons. The minimum Gasteiger partial charge on any atom is -0.493 e. The standard InChI is InChI=1S/C27H28N4O3S/c1-19(2)18-34-23-10-8-20(9-11-23)25-21(17-31(29-25)22-6-4-3-5-7-22)16-24-26(32)28-27(35-24)30-12-14-33-15-13-30/h3-11,16-17,19H,12-15,18H2,1-2H3/b24-16+.